The molecule has 0 saturated carbocycles. The molecule has 0 radical (unpaired) electrons. The van der Waals surface area contributed by atoms with Crippen LogP contribution in [0.3, 0.4) is 0 Å². The van der Waals surface area contributed by atoms with E-state index >= 15 is 0 Å². The van der Waals surface area contributed by atoms with Crippen LogP contribution in [0.4, 0.5) is 11.8 Å². The van der Waals surface area contributed by atoms with Crippen molar-refractivity contribution in [3.63, 3.8) is 0 Å². The van der Waals surface area contributed by atoms with E-state index in [0.717, 1.165) is 0 Å². The summed E-state index contributed by atoms with van der Waals surface area (Å²) in [5.74, 6) is 3.41. The van der Waals surface area contributed by atoms with Gasteiger partial charge in [0.05, 0.1) is 51.9 Å². The number of ketones is 1. The van der Waals surface area contributed by atoms with E-state index in [1.165, 1.54) is 28.4 Å². The predicted molar refractivity (Wildman–Crippen MR) is 211 cm³/mol. The first-order valence-corrected chi connectivity index (χ1v) is 18.8. The number of thioether (sulfide) groups is 1. The molecule has 3 heterocycles. The molecule has 2 aliphatic heterocycles. The maximum absolute atomic E-state index is 14.0. The molecule has 1 unspecified atom stereocenters. The lowest BCUT2D eigenvalue weighted by Crippen LogP contribution is -2.49. The largest absolute Gasteiger partial charge is 0.493 e. The van der Waals surface area contributed by atoms with Crippen LogP contribution in [-0.2, 0) is 4.79 Å². The number of fused-ring (bicyclic) bond motifs is 1. The van der Waals surface area contributed by atoms with Gasteiger partial charge in [-0.25, -0.2) is 4.98 Å². The van der Waals surface area contributed by atoms with Gasteiger partial charge in [-0.2, -0.15) is 4.98 Å². The fourth-order valence-corrected chi connectivity index (χ4v) is 7.98. The van der Waals surface area contributed by atoms with Gasteiger partial charge in [0, 0.05) is 67.4 Å². The maximum atomic E-state index is 14.0. The van der Waals surface area contributed by atoms with Crippen molar-refractivity contribution in [1.82, 2.24) is 19.8 Å². The number of benzene rings is 3. The zero-order valence-corrected chi connectivity index (χ0v) is 32.4. The van der Waals surface area contributed by atoms with Gasteiger partial charge in [0.25, 0.3) is 5.91 Å². The lowest BCUT2D eigenvalue weighted by Gasteiger charge is -2.35. The number of methoxy groups -OCH3 is 5. The summed E-state index contributed by atoms with van der Waals surface area (Å²) in [4.78, 5) is 56.2. The minimum atomic E-state index is -0.562. The highest BCUT2D eigenvalue weighted by Crippen LogP contribution is 2.39. The summed E-state index contributed by atoms with van der Waals surface area (Å²) in [7, 11) is 7.60. The Balaban J connectivity index is 1.20. The van der Waals surface area contributed by atoms with Crippen molar-refractivity contribution in [3.8, 4) is 28.7 Å². The summed E-state index contributed by atoms with van der Waals surface area (Å²) in [5.41, 5.74) is 1.58. The number of nitrogens with zero attached hydrogens (tertiary/aromatic N) is 5. The quantitative estimate of drug-likeness (QED) is 0.145. The molecule has 284 valence electrons. The number of hydrogen-bond acceptors (Lipinski definition) is 13. The second-order valence-electron chi connectivity index (χ2n) is 12.4. The van der Waals surface area contributed by atoms with Crippen LogP contribution in [0.5, 0.6) is 28.7 Å². The van der Waals surface area contributed by atoms with Gasteiger partial charge in [0.2, 0.25) is 17.6 Å². The standard InChI is InChI=1S/C38H42N6O8S2/c1-48-29-19-25-26(20-30(29)49-2)39-38(43-15-13-42(14-16-43)37(47)24-17-31(50-3)34(52-5)32(18-24)51-4)41-35(25)40-36(46)27-21-54-22-44(27)33(53)12-11-28(45)23-9-7-6-8-10-23/h6-10,17-20,27H,11-16,21-22H2,1-5H3,(H,39,40,41,46). The molecular formula is C38H42N6O8S2. The highest BCUT2D eigenvalue weighted by molar-refractivity contribution is 7.99. The molecule has 1 N–H and O–H groups in total. The Morgan fingerprint density at radius 2 is 1.44 bits per heavy atom. The van der Waals surface area contributed by atoms with Crippen LogP contribution >= 0.6 is 24.0 Å². The molecule has 0 bridgehead atoms. The van der Waals surface area contributed by atoms with Gasteiger partial charge in [0.15, 0.2) is 28.8 Å². The SMILES string of the molecule is COc1cc2nc(N3CCN(C(=O)c4cc(OC)c(OC)c(OC)c4)CC3)nc(NC(=O)C3CSCN3C(=S)CCC(=O)c3ccccc3)c2cc1OC. The lowest BCUT2D eigenvalue weighted by molar-refractivity contribution is -0.118. The van der Waals surface area contributed by atoms with Gasteiger partial charge in [-0.05, 0) is 18.2 Å². The second-order valence-corrected chi connectivity index (χ2v) is 13.9. The van der Waals surface area contributed by atoms with E-state index < -0.39 is 6.04 Å². The molecule has 6 rings (SSSR count). The van der Waals surface area contributed by atoms with Gasteiger partial charge in [-0.15, -0.1) is 11.8 Å². The number of anilines is 2. The number of aromatic nitrogens is 2. The van der Waals surface area contributed by atoms with Crippen LogP contribution in [0.1, 0.15) is 33.6 Å². The van der Waals surface area contributed by atoms with Gasteiger partial charge in [0.1, 0.15) is 11.9 Å². The average Bonchev–Trinajstić information content (AvgIpc) is 3.72. The summed E-state index contributed by atoms with van der Waals surface area (Å²) >= 11 is 7.35. The monoisotopic (exact) mass is 774 g/mol. The van der Waals surface area contributed by atoms with E-state index in [4.69, 9.17) is 45.9 Å². The molecule has 2 amide bonds. The van der Waals surface area contributed by atoms with Crippen LogP contribution in [0.2, 0.25) is 0 Å². The van der Waals surface area contributed by atoms with E-state index in [2.05, 4.69) is 5.32 Å². The summed E-state index contributed by atoms with van der Waals surface area (Å²) in [5, 5.41) is 3.62. The van der Waals surface area contributed by atoms with Gasteiger partial charge < -0.3 is 43.7 Å². The normalized spacial score (nSPS) is 15.5. The molecule has 3 aromatic carbocycles. The third-order valence-electron chi connectivity index (χ3n) is 9.36. The molecule has 2 aliphatic rings. The Labute approximate surface area is 323 Å². The smallest absolute Gasteiger partial charge is 0.254 e. The molecule has 1 aromatic heterocycles. The van der Waals surface area contributed by atoms with Crippen molar-refractivity contribution in [2.24, 2.45) is 0 Å². The van der Waals surface area contributed by atoms with E-state index in [1.807, 2.05) is 28.0 Å². The molecule has 2 saturated heterocycles. The summed E-state index contributed by atoms with van der Waals surface area (Å²) in [6, 6.07) is 15.3. The number of thiocarbonyl (C=S) groups is 1. The van der Waals surface area contributed by atoms with Crippen molar-refractivity contribution in [3.05, 3.63) is 65.7 Å². The first-order chi connectivity index (χ1) is 26.2. The number of ether oxygens (including phenoxy) is 5. The molecule has 4 aromatic rings. The number of piperazine rings is 1. The minimum Gasteiger partial charge on any atom is -0.493 e. The molecule has 14 nitrogen and oxygen atoms in total. The summed E-state index contributed by atoms with van der Waals surface area (Å²) < 4.78 is 27.5. The highest BCUT2D eigenvalue weighted by atomic mass is 32.2. The minimum absolute atomic E-state index is 0.00144. The van der Waals surface area contributed by atoms with E-state index in [0.29, 0.717) is 112 Å². The van der Waals surface area contributed by atoms with Crippen LogP contribution in [0.25, 0.3) is 10.9 Å². The molecule has 1 atom stereocenters. The van der Waals surface area contributed by atoms with Crippen LogP contribution in [-0.4, -0.2) is 122 Å². The predicted octanol–water partition coefficient (Wildman–Crippen LogP) is 4.94. The molecule has 2 fully saturated rings. The third-order valence-corrected chi connectivity index (χ3v) is 10.8. The average molecular weight is 775 g/mol. The Morgan fingerprint density at radius 3 is 2.07 bits per heavy atom. The zero-order chi connectivity index (χ0) is 38.4. The van der Waals surface area contributed by atoms with Crippen LogP contribution in [0.15, 0.2) is 54.6 Å². The maximum Gasteiger partial charge on any atom is 0.254 e. The van der Waals surface area contributed by atoms with Crippen molar-refractivity contribution in [1.29, 1.82) is 0 Å². The Morgan fingerprint density at radius 1 is 0.796 bits per heavy atom. The number of hydrogen-bond donors (Lipinski definition) is 1. The molecular weight excluding hydrogens is 733 g/mol. The number of amides is 2. The molecule has 0 aliphatic carbocycles. The number of Topliss-reactive ketones (excluding diaryl/α,β-unsaturated/α-hetero) is 1. The number of carbonyl (C=O) groups is 3. The lowest BCUT2D eigenvalue weighted by atomic mass is 10.1. The fraction of sp³-hybridized carbons (Fsp3) is 0.368. The van der Waals surface area contributed by atoms with E-state index in [-0.39, 0.29) is 24.0 Å². The number of nitrogens with one attached hydrogen (secondary N) is 1. The van der Waals surface area contributed by atoms with Gasteiger partial charge in [-0.1, -0.05) is 42.5 Å². The zero-order valence-electron chi connectivity index (χ0n) is 30.7. The Hall–Kier alpha value is -5.35. The fourth-order valence-electron chi connectivity index (χ4n) is 6.41. The van der Waals surface area contributed by atoms with Crippen molar-refractivity contribution < 1.29 is 38.1 Å². The first-order valence-electron chi connectivity index (χ1n) is 17.2. The van der Waals surface area contributed by atoms with E-state index in [1.54, 1.807) is 60.2 Å². The topological polar surface area (TPSA) is 145 Å². The summed E-state index contributed by atoms with van der Waals surface area (Å²) in [6.07, 6.45) is 0.611. The van der Waals surface area contributed by atoms with Crippen molar-refractivity contribution in [2.45, 2.75) is 18.9 Å². The van der Waals surface area contributed by atoms with Gasteiger partial charge in [-0.3, -0.25) is 14.4 Å². The van der Waals surface area contributed by atoms with Gasteiger partial charge >= 0.3 is 0 Å². The van der Waals surface area contributed by atoms with Crippen molar-refractivity contribution >= 4 is 69.2 Å². The van der Waals surface area contributed by atoms with Crippen LogP contribution in [0, 0.1) is 0 Å². The molecule has 54 heavy (non-hydrogen) atoms. The second kappa shape index (κ2) is 17.2. The van der Waals surface area contributed by atoms with E-state index in [9.17, 15) is 14.4 Å². The highest BCUT2D eigenvalue weighted by Gasteiger charge is 2.34. The Kier molecular flexibility index (Phi) is 12.2. The molecule has 16 heteroatoms. The summed E-state index contributed by atoms with van der Waals surface area (Å²) in [6.45, 7) is 1.66. The Bertz CT molecular complexity index is 2020. The van der Waals surface area contributed by atoms with Crippen molar-refractivity contribution in [2.75, 3.05) is 83.6 Å². The number of rotatable bonds is 13. The third kappa shape index (κ3) is 8.09. The number of carbonyl (C=O) groups excluding carboxylic acids is 3. The van der Waals surface area contributed by atoms with Crippen LogP contribution < -0.4 is 33.9 Å². The molecule has 0 spiro atoms. The first kappa shape index (κ1) is 38.4.